The van der Waals surface area contributed by atoms with Crippen LogP contribution in [0, 0.1) is 39.2 Å². The maximum absolute atomic E-state index is 13.5. The van der Waals surface area contributed by atoms with E-state index in [9.17, 15) is 36.9 Å². The Morgan fingerprint density at radius 1 is 1.20 bits per heavy atom. The number of nitro groups is 1. The van der Waals surface area contributed by atoms with Gasteiger partial charge in [0.25, 0.3) is 0 Å². The molecule has 2 aromatic rings. The van der Waals surface area contributed by atoms with E-state index >= 15 is 0 Å². The van der Waals surface area contributed by atoms with Gasteiger partial charge in [-0.25, -0.2) is 22.0 Å². The van der Waals surface area contributed by atoms with Crippen molar-refractivity contribution in [2.45, 2.75) is 6.54 Å². The Kier molecular flexibility index (Phi) is 4.85. The summed E-state index contributed by atoms with van der Waals surface area (Å²) in [5.74, 6) is -13.0. The first-order valence-electron chi connectivity index (χ1n) is 6.24. The van der Waals surface area contributed by atoms with E-state index in [0.29, 0.717) is 4.68 Å². The Morgan fingerprint density at radius 2 is 1.72 bits per heavy atom. The molecule has 25 heavy (non-hydrogen) atoms. The van der Waals surface area contributed by atoms with Crippen LogP contribution in [0.3, 0.4) is 0 Å². The van der Waals surface area contributed by atoms with E-state index in [1.54, 1.807) is 0 Å². The highest BCUT2D eigenvalue weighted by atomic mass is 19.2. The molecule has 1 aromatic carbocycles. The number of carbonyl (C=O) groups is 1. The molecule has 0 aliphatic carbocycles. The largest absolute Gasteiger partial charge is 0.475 e. The summed E-state index contributed by atoms with van der Waals surface area (Å²) in [4.78, 5) is 21.6. The molecule has 1 heterocycles. The van der Waals surface area contributed by atoms with Crippen molar-refractivity contribution in [3.8, 4) is 5.88 Å². The molecule has 13 heteroatoms. The number of anilines is 1. The van der Waals surface area contributed by atoms with Gasteiger partial charge in [-0.05, 0) is 0 Å². The zero-order valence-corrected chi connectivity index (χ0v) is 12.1. The van der Waals surface area contributed by atoms with Gasteiger partial charge in [0.15, 0.2) is 23.3 Å². The standard InChI is InChI=1S/C12H7F5N4O4/c1-25-12-4(21(23)24)2-20(19-12)3-5(22)18-11-9(16)7(14)6(13)8(15)10(11)17/h2H,3H2,1H3,(H,18,22). The monoisotopic (exact) mass is 366 g/mol. The number of carbonyl (C=O) groups excluding carboxylic acids is 1. The van der Waals surface area contributed by atoms with Gasteiger partial charge in [0.05, 0.1) is 12.0 Å². The van der Waals surface area contributed by atoms with Crippen molar-refractivity contribution in [2.24, 2.45) is 0 Å². The van der Waals surface area contributed by atoms with Crippen LogP contribution in [0.25, 0.3) is 0 Å². The van der Waals surface area contributed by atoms with Crippen molar-refractivity contribution in [2.75, 3.05) is 12.4 Å². The quantitative estimate of drug-likeness (QED) is 0.287. The summed E-state index contributed by atoms with van der Waals surface area (Å²) in [6, 6.07) is 0. The van der Waals surface area contributed by atoms with Gasteiger partial charge in [-0.3, -0.25) is 19.6 Å². The molecule has 0 aliphatic rings. The van der Waals surface area contributed by atoms with Crippen LogP contribution < -0.4 is 10.1 Å². The van der Waals surface area contributed by atoms with E-state index < -0.39 is 63.7 Å². The molecule has 134 valence electrons. The lowest BCUT2D eigenvalue weighted by molar-refractivity contribution is -0.385. The Labute approximate surface area is 134 Å². The SMILES string of the molecule is COc1nn(CC(=O)Nc2c(F)c(F)c(F)c(F)c2F)cc1[N+](=O)[O-]. The van der Waals surface area contributed by atoms with Gasteiger partial charge in [0.1, 0.15) is 18.4 Å². The first-order valence-corrected chi connectivity index (χ1v) is 6.24. The van der Waals surface area contributed by atoms with E-state index in [2.05, 4.69) is 9.84 Å². The molecule has 0 unspecified atom stereocenters. The summed E-state index contributed by atoms with van der Waals surface area (Å²) < 4.78 is 71.2. The number of aromatic nitrogens is 2. The van der Waals surface area contributed by atoms with Gasteiger partial charge in [-0.15, -0.1) is 5.10 Å². The fourth-order valence-electron chi connectivity index (χ4n) is 1.79. The Balaban J connectivity index is 2.26. The van der Waals surface area contributed by atoms with E-state index in [4.69, 9.17) is 0 Å². The van der Waals surface area contributed by atoms with Crippen LogP contribution in [0.5, 0.6) is 5.88 Å². The number of amides is 1. The third-order valence-electron chi connectivity index (χ3n) is 2.88. The first kappa shape index (κ1) is 18.1. The van der Waals surface area contributed by atoms with Crippen LogP contribution in [-0.2, 0) is 11.3 Å². The van der Waals surface area contributed by atoms with E-state index in [0.717, 1.165) is 13.3 Å². The molecular weight excluding hydrogens is 359 g/mol. The average Bonchev–Trinajstić information content (AvgIpc) is 2.98. The van der Waals surface area contributed by atoms with Gasteiger partial charge in [-0.2, -0.15) is 0 Å². The van der Waals surface area contributed by atoms with Crippen LogP contribution in [-0.4, -0.2) is 27.7 Å². The van der Waals surface area contributed by atoms with Crippen molar-refractivity contribution < 1.29 is 36.4 Å². The predicted molar refractivity (Wildman–Crippen MR) is 70.3 cm³/mol. The fourth-order valence-corrected chi connectivity index (χ4v) is 1.79. The van der Waals surface area contributed by atoms with Gasteiger partial charge in [-0.1, -0.05) is 0 Å². The molecule has 1 amide bonds. The Morgan fingerprint density at radius 3 is 2.16 bits per heavy atom. The van der Waals surface area contributed by atoms with Crippen LogP contribution in [0.4, 0.5) is 33.3 Å². The second kappa shape index (κ2) is 6.70. The highest BCUT2D eigenvalue weighted by molar-refractivity contribution is 5.90. The zero-order valence-electron chi connectivity index (χ0n) is 12.1. The maximum Gasteiger partial charge on any atom is 0.350 e. The number of nitrogens with zero attached hydrogens (tertiary/aromatic N) is 3. The second-order valence-electron chi connectivity index (χ2n) is 4.47. The smallest absolute Gasteiger partial charge is 0.350 e. The van der Waals surface area contributed by atoms with E-state index in [-0.39, 0.29) is 0 Å². The highest BCUT2D eigenvalue weighted by Gasteiger charge is 2.27. The molecule has 0 atom stereocenters. The number of nitrogens with one attached hydrogen (secondary N) is 1. The molecule has 0 saturated carbocycles. The van der Waals surface area contributed by atoms with Crippen LogP contribution in [0.1, 0.15) is 0 Å². The summed E-state index contributed by atoms with van der Waals surface area (Å²) in [7, 11) is 1.08. The van der Waals surface area contributed by atoms with E-state index in [1.807, 2.05) is 0 Å². The average molecular weight is 366 g/mol. The lowest BCUT2D eigenvalue weighted by Crippen LogP contribution is -2.21. The molecule has 0 saturated heterocycles. The van der Waals surface area contributed by atoms with Crippen molar-refractivity contribution in [3.63, 3.8) is 0 Å². The zero-order chi connectivity index (χ0) is 18.9. The molecular formula is C12H7F5N4O4. The third kappa shape index (κ3) is 3.34. The number of ether oxygens (including phenoxy) is 1. The second-order valence-corrected chi connectivity index (χ2v) is 4.47. The van der Waals surface area contributed by atoms with Crippen LogP contribution in [0.15, 0.2) is 6.20 Å². The number of hydrogen-bond donors (Lipinski definition) is 1. The van der Waals surface area contributed by atoms with Crippen LogP contribution >= 0.6 is 0 Å². The number of rotatable bonds is 5. The minimum absolute atomic E-state index is 0.436. The highest BCUT2D eigenvalue weighted by Crippen LogP contribution is 2.27. The minimum Gasteiger partial charge on any atom is -0.475 e. The fraction of sp³-hybridized carbons (Fsp3) is 0.167. The molecule has 0 fully saturated rings. The summed E-state index contributed by atoms with van der Waals surface area (Å²) in [5, 5.41) is 15.7. The Bertz CT molecular complexity index is 841. The summed E-state index contributed by atoms with van der Waals surface area (Å²) >= 11 is 0. The molecule has 0 bridgehead atoms. The van der Waals surface area contributed by atoms with E-state index in [1.165, 1.54) is 5.32 Å². The summed E-state index contributed by atoms with van der Waals surface area (Å²) in [6.07, 6.45) is 0.789. The predicted octanol–water partition coefficient (Wildman–Crippen LogP) is 2.13. The first-order chi connectivity index (χ1) is 11.7. The lowest BCUT2D eigenvalue weighted by Gasteiger charge is -2.09. The van der Waals surface area contributed by atoms with Crippen molar-refractivity contribution in [1.82, 2.24) is 9.78 Å². The molecule has 8 nitrogen and oxygen atoms in total. The summed E-state index contributed by atoms with van der Waals surface area (Å²) in [6.45, 7) is -0.816. The van der Waals surface area contributed by atoms with Gasteiger partial charge >= 0.3 is 11.6 Å². The molecule has 2 rings (SSSR count). The minimum atomic E-state index is -2.37. The lowest BCUT2D eigenvalue weighted by atomic mass is 10.2. The molecule has 1 N–H and O–H groups in total. The van der Waals surface area contributed by atoms with Gasteiger partial charge < -0.3 is 10.1 Å². The normalized spacial score (nSPS) is 10.6. The number of benzene rings is 1. The van der Waals surface area contributed by atoms with Crippen molar-refractivity contribution >= 4 is 17.3 Å². The summed E-state index contributed by atoms with van der Waals surface area (Å²) in [5.41, 5.74) is -2.14. The van der Waals surface area contributed by atoms with Gasteiger partial charge in [0, 0.05) is 0 Å². The number of halogens is 5. The Hall–Kier alpha value is -3.25. The van der Waals surface area contributed by atoms with Gasteiger partial charge in [0.2, 0.25) is 11.7 Å². The molecule has 0 aliphatic heterocycles. The van der Waals surface area contributed by atoms with Crippen LogP contribution in [0.2, 0.25) is 0 Å². The number of methoxy groups -OCH3 is 1. The molecule has 1 aromatic heterocycles. The molecule has 0 spiro atoms. The van der Waals surface area contributed by atoms with Crippen molar-refractivity contribution in [1.29, 1.82) is 0 Å². The number of hydrogen-bond acceptors (Lipinski definition) is 5. The maximum atomic E-state index is 13.5. The third-order valence-corrected chi connectivity index (χ3v) is 2.88. The topological polar surface area (TPSA) is 99.3 Å². The molecule has 0 radical (unpaired) electrons. The van der Waals surface area contributed by atoms with Crippen molar-refractivity contribution in [3.05, 3.63) is 45.4 Å².